The molecule has 0 bridgehead atoms. The molecular formula is C20H24N2O4S. The zero-order valence-corrected chi connectivity index (χ0v) is 16.4. The van der Waals surface area contributed by atoms with Crippen LogP contribution in [-0.4, -0.2) is 31.7 Å². The predicted octanol–water partition coefficient (Wildman–Crippen LogP) is 3.72. The van der Waals surface area contributed by atoms with E-state index in [0.29, 0.717) is 30.1 Å². The summed E-state index contributed by atoms with van der Waals surface area (Å²) < 4.78 is 32.8. The molecule has 0 radical (unpaired) electrons. The Labute approximate surface area is 159 Å². The highest BCUT2D eigenvalue weighted by Gasteiger charge is 2.27. The second kappa shape index (κ2) is 8.10. The van der Waals surface area contributed by atoms with Crippen molar-refractivity contribution in [2.24, 2.45) is 0 Å². The van der Waals surface area contributed by atoms with Crippen LogP contribution in [0.5, 0.6) is 0 Å². The van der Waals surface area contributed by atoms with Crippen LogP contribution in [0.15, 0.2) is 45.7 Å². The van der Waals surface area contributed by atoms with Gasteiger partial charge in [0.2, 0.25) is 15.9 Å². The average Bonchev–Trinajstić information content (AvgIpc) is 3.07. The van der Waals surface area contributed by atoms with Crippen LogP contribution in [0.3, 0.4) is 0 Å². The number of amides is 1. The summed E-state index contributed by atoms with van der Waals surface area (Å²) in [4.78, 5) is 12.4. The third kappa shape index (κ3) is 4.67. The molecular weight excluding hydrogens is 364 g/mol. The summed E-state index contributed by atoms with van der Waals surface area (Å²) in [5, 5.41) is 2.71. The molecule has 1 aromatic carbocycles. The van der Waals surface area contributed by atoms with Gasteiger partial charge in [-0.15, -0.1) is 0 Å². The summed E-state index contributed by atoms with van der Waals surface area (Å²) in [7, 11) is -3.55. The van der Waals surface area contributed by atoms with Crippen molar-refractivity contribution < 1.29 is 17.6 Å². The zero-order chi connectivity index (χ0) is 19.4. The first kappa shape index (κ1) is 19.4. The van der Waals surface area contributed by atoms with E-state index >= 15 is 0 Å². The van der Waals surface area contributed by atoms with E-state index in [1.807, 2.05) is 13.0 Å². The van der Waals surface area contributed by atoms with Crippen molar-refractivity contribution in [1.82, 2.24) is 4.31 Å². The number of sulfonamides is 1. The third-order valence-electron chi connectivity index (χ3n) is 4.55. The van der Waals surface area contributed by atoms with Gasteiger partial charge in [0.15, 0.2) is 0 Å². The van der Waals surface area contributed by atoms with Crippen LogP contribution in [-0.2, 0) is 14.8 Å². The molecule has 7 heteroatoms. The maximum Gasteiger partial charge on any atom is 0.248 e. The van der Waals surface area contributed by atoms with Crippen LogP contribution in [0.2, 0.25) is 0 Å². The van der Waals surface area contributed by atoms with Crippen molar-refractivity contribution >= 4 is 27.7 Å². The number of rotatable bonds is 5. The lowest BCUT2D eigenvalue weighted by molar-refractivity contribution is -0.111. The van der Waals surface area contributed by atoms with Crippen molar-refractivity contribution in [3.8, 4) is 0 Å². The van der Waals surface area contributed by atoms with Crippen LogP contribution in [0.25, 0.3) is 6.08 Å². The molecule has 0 spiro atoms. The van der Waals surface area contributed by atoms with E-state index < -0.39 is 10.0 Å². The molecule has 1 saturated heterocycles. The molecule has 1 aromatic heterocycles. The summed E-state index contributed by atoms with van der Waals surface area (Å²) in [6.07, 6.45) is 5.75. The summed E-state index contributed by atoms with van der Waals surface area (Å²) in [5.74, 6) is 0.996. The van der Waals surface area contributed by atoms with Crippen molar-refractivity contribution in [3.63, 3.8) is 0 Å². The van der Waals surface area contributed by atoms with E-state index in [4.69, 9.17) is 4.42 Å². The van der Waals surface area contributed by atoms with E-state index in [0.717, 1.165) is 25.0 Å². The molecule has 0 saturated carbocycles. The Morgan fingerprint density at radius 3 is 2.52 bits per heavy atom. The summed E-state index contributed by atoms with van der Waals surface area (Å²) in [6, 6.07) is 8.53. The number of anilines is 1. The van der Waals surface area contributed by atoms with Crippen LogP contribution in [0.1, 0.15) is 36.3 Å². The molecule has 0 aliphatic carbocycles. The fraction of sp³-hybridized carbons (Fsp3) is 0.350. The first-order chi connectivity index (χ1) is 12.9. The number of nitrogens with one attached hydrogen (secondary N) is 1. The standard InChI is InChI=1S/C20H24N2O4S/c1-15-6-8-17(21-20(23)11-10-18-9-7-16(2)26-18)14-19(15)27(24,25)22-12-4-3-5-13-22/h6-11,14H,3-5,12-13H2,1-2H3,(H,21,23)/b11-10+. The van der Waals surface area contributed by atoms with E-state index in [1.54, 1.807) is 31.2 Å². The molecule has 1 N–H and O–H groups in total. The summed E-state index contributed by atoms with van der Waals surface area (Å²) >= 11 is 0. The number of hydrogen-bond acceptors (Lipinski definition) is 4. The first-order valence-corrected chi connectivity index (χ1v) is 10.5. The summed E-state index contributed by atoms with van der Waals surface area (Å²) in [5.41, 5.74) is 1.11. The zero-order valence-electron chi connectivity index (χ0n) is 15.6. The van der Waals surface area contributed by atoms with Gasteiger partial charge >= 0.3 is 0 Å². The van der Waals surface area contributed by atoms with Crippen LogP contribution < -0.4 is 5.32 Å². The molecule has 1 fully saturated rings. The van der Waals surface area contributed by atoms with Gasteiger partial charge in [0.05, 0.1) is 4.90 Å². The molecule has 144 valence electrons. The Kier molecular flexibility index (Phi) is 5.82. The molecule has 2 heterocycles. The smallest absolute Gasteiger partial charge is 0.248 e. The van der Waals surface area contributed by atoms with Gasteiger partial charge in [0, 0.05) is 24.9 Å². The Balaban J connectivity index is 1.76. The lowest BCUT2D eigenvalue weighted by atomic mass is 10.2. The highest BCUT2D eigenvalue weighted by Crippen LogP contribution is 2.26. The number of nitrogens with zero attached hydrogens (tertiary/aromatic N) is 1. The summed E-state index contributed by atoms with van der Waals surface area (Å²) in [6.45, 7) is 4.68. The molecule has 6 nitrogen and oxygen atoms in total. The first-order valence-electron chi connectivity index (χ1n) is 9.02. The monoisotopic (exact) mass is 388 g/mol. The Morgan fingerprint density at radius 2 is 1.85 bits per heavy atom. The van der Waals surface area contributed by atoms with E-state index in [9.17, 15) is 13.2 Å². The van der Waals surface area contributed by atoms with Crippen LogP contribution in [0.4, 0.5) is 5.69 Å². The largest absolute Gasteiger partial charge is 0.462 e. The lowest BCUT2D eigenvalue weighted by Crippen LogP contribution is -2.36. The number of carbonyl (C=O) groups is 1. The van der Waals surface area contributed by atoms with E-state index in [-0.39, 0.29) is 10.8 Å². The van der Waals surface area contributed by atoms with Gasteiger partial charge in [-0.3, -0.25) is 4.79 Å². The second-order valence-corrected chi connectivity index (χ2v) is 8.62. The minimum absolute atomic E-state index is 0.243. The number of aryl methyl sites for hydroxylation is 2. The maximum atomic E-state index is 12.9. The average molecular weight is 388 g/mol. The highest BCUT2D eigenvalue weighted by atomic mass is 32.2. The van der Waals surface area contributed by atoms with E-state index in [2.05, 4.69) is 5.32 Å². The normalized spacial score (nSPS) is 15.9. The van der Waals surface area contributed by atoms with Gasteiger partial charge < -0.3 is 9.73 Å². The number of carbonyl (C=O) groups excluding carboxylic acids is 1. The third-order valence-corrected chi connectivity index (χ3v) is 6.59. The quantitative estimate of drug-likeness (QED) is 0.792. The Morgan fingerprint density at radius 1 is 1.11 bits per heavy atom. The lowest BCUT2D eigenvalue weighted by Gasteiger charge is -2.26. The van der Waals surface area contributed by atoms with Gasteiger partial charge in [-0.25, -0.2) is 8.42 Å². The number of piperidine rings is 1. The van der Waals surface area contributed by atoms with Gasteiger partial charge in [0.25, 0.3) is 0 Å². The van der Waals surface area contributed by atoms with Gasteiger partial charge in [-0.1, -0.05) is 12.5 Å². The molecule has 0 atom stereocenters. The molecule has 27 heavy (non-hydrogen) atoms. The topological polar surface area (TPSA) is 79.6 Å². The van der Waals surface area contributed by atoms with Crippen molar-refractivity contribution in [2.45, 2.75) is 38.0 Å². The van der Waals surface area contributed by atoms with E-state index in [1.165, 1.54) is 16.4 Å². The van der Waals surface area contributed by atoms with Crippen molar-refractivity contribution in [1.29, 1.82) is 0 Å². The minimum atomic E-state index is -3.55. The molecule has 1 aliphatic rings. The predicted molar refractivity (Wildman–Crippen MR) is 105 cm³/mol. The van der Waals surface area contributed by atoms with Crippen molar-refractivity contribution in [3.05, 3.63) is 53.5 Å². The molecule has 0 unspecified atom stereocenters. The molecule has 1 aliphatic heterocycles. The molecule has 1 amide bonds. The van der Waals surface area contributed by atoms with Crippen molar-refractivity contribution in [2.75, 3.05) is 18.4 Å². The Bertz CT molecular complexity index is 954. The van der Waals surface area contributed by atoms with Crippen LogP contribution >= 0.6 is 0 Å². The fourth-order valence-corrected chi connectivity index (χ4v) is 4.85. The number of hydrogen-bond donors (Lipinski definition) is 1. The number of benzene rings is 1. The van der Waals surface area contributed by atoms with Crippen LogP contribution in [0, 0.1) is 13.8 Å². The van der Waals surface area contributed by atoms with Gasteiger partial charge in [-0.05, 0) is 62.6 Å². The Hall–Kier alpha value is -2.38. The highest BCUT2D eigenvalue weighted by molar-refractivity contribution is 7.89. The maximum absolute atomic E-state index is 12.9. The van der Waals surface area contributed by atoms with Gasteiger partial charge in [-0.2, -0.15) is 4.31 Å². The fourth-order valence-electron chi connectivity index (χ4n) is 3.08. The second-order valence-electron chi connectivity index (χ2n) is 6.72. The SMILES string of the molecule is Cc1ccc(/C=C/C(=O)Nc2ccc(C)c(S(=O)(=O)N3CCCCC3)c2)o1. The number of furan rings is 1. The molecule has 2 aromatic rings. The molecule has 3 rings (SSSR count). The van der Waals surface area contributed by atoms with Gasteiger partial charge in [0.1, 0.15) is 11.5 Å². The minimum Gasteiger partial charge on any atom is -0.462 e.